The summed E-state index contributed by atoms with van der Waals surface area (Å²) in [6.45, 7) is 1.01. The Bertz CT molecular complexity index is 218. The maximum atomic E-state index is 11.4. The molecule has 0 spiro atoms. The van der Waals surface area contributed by atoms with Crippen molar-refractivity contribution in [2.45, 2.75) is 44.2 Å². The van der Waals surface area contributed by atoms with Crippen LogP contribution >= 0.6 is 0 Å². The van der Waals surface area contributed by atoms with Crippen LogP contribution in [0.25, 0.3) is 0 Å². The molecule has 7 heteroatoms. The Morgan fingerprint density at radius 1 is 1.19 bits per heavy atom. The molecule has 7 nitrogen and oxygen atoms in total. The predicted molar refractivity (Wildman–Crippen MR) is 60.0 cm³/mol. The maximum Gasteiger partial charge on any atom is 0.0891 e. The van der Waals surface area contributed by atoms with Gasteiger partial charge in [0.05, 0.1) is 12.1 Å². The highest BCUT2D eigenvalue weighted by molar-refractivity contribution is 4.80. The van der Waals surface area contributed by atoms with Crippen LogP contribution in [-0.2, 0) is 0 Å². The van der Waals surface area contributed by atoms with Gasteiger partial charge in [0.25, 0.3) is 0 Å². The minimum absolute atomic E-state index is 0.0190. The van der Waals surface area contributed by atoms with Crippen molar-refractivity contribution in [3.05, 3.63) is 10.4 Å². The molecule has 4 N–H and O–H groups in total. The Kier molecular flexibility index (Phi) is 5.27. The lowest BCUT2D eigenvalue weighted by Crippen LogP contribution is -2.51. The number of hydrogen-bond acceptors (Lipinski definition) is 5. The third-order valence-electron chi connectivity index (χ3n) is 3.09. The summed E-state index contributed by atoms with van der Waals surface area (Å²) in [7, 11) is 0. The van der Waals surface area contributed by atoms with Crippen molar-refractivity contribution >= 4 is 0 Å². The van der Waals surface area contributed by atoms with E-state index in [1.54, 1.807) is 0 Å². The largest absolute Gasteiger partial charge is 0.737 e. The van der Waals surface area contributed by atoms with E-state index in [1.807, 2.05) is 0 Å². The molecule has 1 rings (SSSR count). The summed E-state index contributed by atoms with van der Waals surface area (Å²) >= 11 is 0. The molecule has 94 valence electrons. The molecule has 1 heterocycles. The van der Waals surface area contributed by atoms with Crippen LogP contribution in [0.1, 0.15) is 32.1 Å². The first-order valence-corrected chi connectivity index (χ1v) is 5.73. The fourth-order valence-electron chi connectivity index (χ4n) is 2.41. The molecule has 0 amide bonds. The van der Waals surface area contributed by atoms with Crippen molar-refractivity contribution in [1.29, 1.82) is 0 Å². The van der Waals surface area contributed by atoms with Crippen molar-refractivity contribution in [2.24, 2.45) is 16.7 Å². The van der Waals surface area contributed by atoms with Crippen LogP contribution in [0, 0.1) is 10.4 Å². The van der Waals surface area contributed by atoms with E-state index in [2.05, 4.69) is 5.28 Å². The Balaban J connectivity index is 2.75. The third kappa shape index (κ3) is 2.96. The molecule has 0 aliphatic carbocycles. The Morgan fingerprint density at radius 2 is 1.69 bits per heavy atom. The van der Waals surface area contributed by atoms with Crippen LogP contribution in [0.3, 0.4) is 0 Å². The topological polar surface area (TPSA) is 117 Å². The Hall–Kier alpha value is -1.08. The number of hydrogen-bond donors (Lipinski definition) is 2. The summed E-state index contributed by atoms with van der Waals surface area (Å²) in [6, 6.07) is 0.0380. The molecular formula is C9H20N5O2-. The van der Waals surface area contributed by atoms with Gasteiger partial charge in [-0.1, -0.05) is 0 Å². The molecule has 16 heavy (non-hydrogen) atoms. The van der Waals surface area contributed by atoms with Gasteiger partial charge in [0, 0.05) is 4.97 Å². The fraction of sp³-hybridized carbons (Fsp3) is 1.00. The zero-order valence-electron chi connectivity index (χ0n) is 9.42. The molecular weight excluding hydrogens is 210 g/mol. The van der Waals surface area contributed by atoms with E-state index < -0.39 is 0 Å². The second-order valence-corrected chi connectivity index (χ2v) is 4.11. The van der Waals surface area contributed by atoms with E-state index in [0.717, 1.165) is 19.3 Å². The highest BCUT2D eigenvalue weighted by atomic mass is 16.6. The Labute approximate surface area is 95.2 Å². The highest BCUT2D eigenvalue weighted by Crippen LogP contribution is 2.26. The molecule has 1 fully saturated rings. The molecule has 0 bridgehead atoms. The minimum atomic E-state index is 0.0190. The van der Waals surface area contributed by atoms with Gasteiger partial charge in [0.2, 0.25) is 0 Å². The van der Waals surface area contributed by atoms with Crippen LogP contribution in [0.2, 0.25) is 0 Å². The number of piperidine rings is 1. The first-order valence-electron chi connectivity index (χ1n) is 5.73. The molecule has 1 aliphatic heterocycles. The quantitative estimate of drug-likeness (QED) is 0.399. The monoisotopic (exact) mass is 230 g/mol. The lowest BCUT2D eigenvalue weighted by Gasteiger charge is -2.38. The zero-order valence-corrected chi connectivity index (χ0v) is 9.42. The second-order valence-electron chi connectivity index (χ2n) is 4.11. The van der Waals surface area contributed by atoms with Crippen molar-refractivity contribution in [2.75, 3.05) is 13.1 Å². The van der Waals surface area contributed by atoms with Crippen molar-refractivity contribution in [3.8, 4) is 0 Å². The van der Waals surface area contributed by atoms with Gasteiger partial charge < -0.3 is 21.9 Å². The molecule has 0 aromatic heterocycles. The van der Waals surface area contributed by atoms with Crippen molar-refractivity contribution < 1.29 is 4.97 Å². The maximum absolute atomic E-state index is 11.4. The van der Waals surface area contributed by atoms with Crippen LogP contribution < -0.4 is 11.5 Å². The van der Waals surface area contributed by atoms with E-state index in [-0.39, 0.29) is 17.1 Å². The van der Waals surface area contributed by atoms with Gasteiger partial charge in [0.1, 0.15) is 0 Å². The molecule has 0 aromatic carbocycles. The van der Waals surface area contributed by atoms with Gasteiger partial charge in [-0.05, 0) is 50.5 Å². The lowest BCUT2D eigenvalue weighted by atomic mass is 9.94. The molecule has 2 atom stereocenters. The standard InChI is InChI=1S/C9H21N5O2/c10-6-4-8-2-1-3-9(5-7-11)13(8)14(16)12-15/h8-9,15H,1-7,10-11H2/p-1/b14-12+. The van der Waals surface area contributed by atoms with Crippen molar-refractivity contribution in [1.82, 2.24) is 5.01 Å². The normalized spacial score (nSPS) is 27.1. The average molecular weight is 230 g/mol. The average Bonchev–Trinajstić information content (AvgIpc) is 2.29. The number of nitrogens with two attached hydrogens (primary N) is 2. The van der Waals surface area contributed by atoms with E-state index in [9.17, 15) is 10.4 Å². The van der Waals surface area contributed by atoms with E-state index in [4.69, 9.17) is 11.5 Å². The van der Waals surface area contributed by atoms with E-state index >= 15 is 0 Å². The van der Waals surface area contributed by atoms with Gasteiger partial charge in [-0.2, -0.15) is 0 Å². The second kappa shape index (κ2) is 6.49. The summed E-state index contributed by atoms with van der Waals surface area (Å²) in [5, 5.41) is 25.7. The van der Waals surface area contributed by atoms with Crippen LogP contribution in [0.4, 0.5) is 0 Å². The molecule has 2 unspecified atom stereocenters. The first-order chi connectivity index (χ1) is 7.74. The van der Waals surface area contributed by atoms with Crippen LogP contribution in [-0.4, -0.2) is 35.2 Å². The van der Waals surface area contributed by atoms with Crippen LogP contribution in [0.15, 0.2) is 5.28 Å². The van der Waals surface area contributed by atoms with Crippen LogP contribution in [0.5, 0.6) is 0 Å². The highest BCUT2D eigenvalue weighted by Gasteiger charge is 2.35. The smallest absolute Gasteiger partial charge is 0.0891 e. The summed E-state index contributed by atoms with van der Waals surface area (Å²) < 4.78 is 0. The zero-order chi connectivity index (χ0) is 12.0. The van der Waals surface area contributed by atoms with Crippen molar-refractivity contribution in [3.63, 3.8) is 0 Å². The number of hydrazine groups is 1. The molecule has 1 saturated heterocycles. The van der Waals surface area contributed by atoms with Gasteiger partial charge in [-0.25, -0.2) is 0 Å². The van der Waals surface area contributed by atoms with Gasteiger partial charge in [-0.15, -0.1) is 5.01 Å². The Morgan fingerprint density at radius 3 is 2.06 bits per heavy atom. The molecule has 0 saturated carbocycles. The third-order valence-corrected chi connectivity index (χ3v) is 3.09. The molecule has 0 radical (unpaired) electrons. The number of nitrogens with zero attached hydrogens (tertiary/aromatic N) is 3. The minimum Gasteiger partial charge on any atom is -0.737 e. The summed E-state index contributed by atoms with van der Waals surface area (Å²) in [4.78, 5) is 0.166. The molecule has 0 aromatic rings. The predicted octanol–water partition coefficient (Wildman–Crippen LogP) is 0.282. The summed E-state index contributed by atoms with van der Waals surface area (Å²) in [5.41, 5.74) is 11.0. The first kappa shape index (κ1) is 13.0. The number of rotatable bonds is 5. The molecule has 1 aliphatic rings. The summed E-state index contributed by atoms with van der Waals surface area (Å²) in [5.74, 6) is 0. The van der Waals surface area contributed by atoms with Gasteiger partial charge >= 0.3 is 0 Å². The lowest BCUT2D eigenvalue weighted by molar-refractivity contribution is -0.709. The summed E-state index contributed by atoms with van der Waals surface area (Å²) in [6.07, 6.45) is 4.21. The SMILES string of the molecule is NCCC1CCCC(CCN)N1/[N+]([O-])=N\[O-]. The van der Waals surface area contributed by atoms with Gasteiger partial charge in [-0.3, -0.25) is 0 Å². The van der Waals surface area contributed by atoms with E-state index in [1.165, 1.54) is 5.01 Å². The van der Waals surface area contributed by atoms with Gasteiger partial charge in [0.15, 0.2) is 0 Å². The van der Waals surface area contributed by atoms with E-state index in [0.29, 0.717) is 25.9 Å². The fourth-order valence-corrected chi connectivity index (χ4v) is 2.41.